The summed E-state index contributed by atoms with van der Waals surface area (Å²) in [4.78, 5) is 2.31. The van der Waals surface area contributed by atoms with E-state index in [-0.39, 0.29) is 12.3 Å². The number of nitrogens with zero attached hydrogens (tertiary/aromatic N) is 1. The van der Waals surface area contributed by atoms with Gasteiger partial charge in [-0.3, -0.25) is 4.90 Å². The molecule has 1 aliphatic rings. The molecule has 0 aromatic heterocycles. The number of likely N-dealkylation sites (tertiary alicyclic amines) is 1. The van der Waals surface area contributed by atoms with Crippen LogP contribution in [0.15, 0.2) is 0 Å². The van der Waals surface area contributed by atoms with E-state index in [9.17, 15) is 0 Å². The zero-order valence-corrected chi connectivity index (χ0v) is 7.99. The second-order valence-electron chi connectivity index (χ2n) is 3.52. The Bertz CT molecular complexity index is 122. The van der Waals surface area contributed by atoms with Crippen molar-refractivity contribution >= 4 is 0 Å². The zero-order chi connectivity index (χ0) is 8.97. The maximum atomic E-state index is 9.00. The number of hydrogen-bond acceptors (Lipinski definition) is 3. The summed E-state index contributed by atoms with van der Waals surface area (Å²) in [5, 5.41) is 9.00. The number of aliphatic hydroxyl groups excluding tert-OH is 1. The van der Waals surface area contributed by atoms with Crippen molar-refractivity contribution in [2.24, 2.45) is 0 Å². The molecule has 2 unspecified atom stereocenters. The normalized spacial score (nSPS) is 24.2. The highest BCUT2D eigenvalue weighted by atomic mass is 16.5. The van der Waals surface area contributed by atoms with Crippen LogP contribution in [-0.4, -0.2) is 42.0 Å². The molecule has 1 heterocycles. The van der Waals surface area contributed by atoms with Crippen LogP contribution in [0.3, 0.4) is 0 Å². The van der Waals surface area contributed by atoms with Gasteiger partial charge in [-0.05, 0) is 26.7 Å². The molecule has 0 radical (unpaired) electrons. The highest BCUT2D eigenvalue weighted by Crippen LogP contribution is 2.12. The first-order chi connectivity index (χ1) is 5.70. The quantitative estimate of drug-likeness (QED) is 0.683. The minimum atomic E-state index is -0.352. The first-order valence-electron chi connectivity index (χ1n) is 4.74. The highest BCUT2D eigenvalue weighted by molar-refractivity contribution is 4.67. The summed E-state index contributed by atoms with van der Waals surface area (Å²) in [6, 6.07) is 0. The molecule has 2 atom stereocenters. The maximum Gasteiger partial charge on any atom is 0.107 e. The standard InChI is InChI=1S/C9H19NO2/c1-8(11)7-12-9(2)10-5-3-4-6-10/h8-9,11H,3-7H2,1-2H3. The van der Waals surface area contributed by atoms with Crippen LogP contribution < -0.4 is 0 Å². The lowest BCUT2D eigenvalue weighted by molar-refractivity contribution is -0.0652. The zero-order valence-electron chi connectivity index (χ0n) is 7.99. The fraction of sp³-hybridized carbons (Fsp3) is 1.00. The molecule has 1 N–H and O–H groups in total. The first kappa shape index (κ1) is 9.96. The van der Waals surface area contributed by atoms with Gasteiger partial charge in [-0.1, -0.05) is 0 Å². The molecule has 0 amide bonds. The van der Waals surface area contributed by atoms with E-state index in [1.54, 1.807) is 6.92 Å². The van der Waals surface area contributed by atoms with Gasteiger partial charge in [0.1, 0.15) is 6.23 Å². The van der Waals surface area contributed by atoms with Crippen molar-refractivity contribution in [3.63, 3.8) is 0 Å². The molecule has 72 valence electrons. The summed E-state index contributed by atoms with van der Waals surface area (Å²) >= 11 is 0. The van der Waals surface area contributed by atoms with Crippen molar-refractivity contribution in [3.8, 4) is 0 Å². The summed E-state index contributed by atoms with van der Waals surface area (Å²) in [6.07, 6.45) is 2.38. The third-order valence-electron chi connectivity index (χ3n) is 2.23. The smallest absolute Gasteiger partial charge is 0.107 e. The van der Waals surface area contributed by atoms with Gasteiger partial charge in [-0.2, -0.15) is 0 Å². The van der Waals surface area contributed by atoms with Gasteiger partial charge in [0.25, 0.3) is 0 Å². The lowest BCUT2D eigenvalue weighted by Crippen LogP contribution is -2.34. The monoisotopic (exact) mass is 173 g/mol. The largest absolute Gasteiger partial charge is 0.391 e. The topological polar surface area (TPSA) is 32.7 Å². The van der Waals surface area contributed by atoms with Crippen LogP contribution in [0.1, 0.15) is 26.7 Å². The van der Waals surface area contributed by atoms with Crippen LogP contribution in [0, 0.1) is 0 Å². The SMILES string of the molecule is CC(O)COC(C)N1CCCC1. The van der Waals surface area contributed by atoms with Crippen molar-refractivity contribution in [1.82, 2.24) is 4.90 Å². The van der Waals surface area contributed by atoms with E-state index in [0.29, 0.717) is 6.61 Å². The molecule has 3 heteroatoms. The number of ether oxygens (including phenoxy) is 1. The van der Waals surface area contributed by atoms with Crippen molar-refractivity contribution in [1.29, 1.82) is 0 Å². The molecule has 1 aliphatic heterocycles. The Hall–Kier alpha value is -0.120. The van der Waals surface area contributed by atoms with Crippen molar-refractivity contribution in [2.75, 3.05) is 19.7 Å². The van der Waals surface area contributed by atoms with Gasteiger partial charge in [0.2, 0.25) is 0 Å². The van der Waals surface area contributed by atoms with Crippen LogP contribution in [-0.2, 0) is 4.74 Å². The second kappa shape index (κ2) is 4.80. The van der Waals surface area contributed by atoms with Gasteiger partial charge in [0.15, 0.2) is 0 Å². The molecule has 1 fully saturated rings. The highest BCUT2D eigenvalue weighted by Gasteiger charge is 2.18. The van der Waals surface area contributed by atoms with Gasteiger partial charge in [0, 0.05) is 13.1 Å². The van der Waals surface area contributed by atoms with Crippen molar-refractivity contribution < 1.29 is 9.84 Å². The number of aliphatic hydroxyl groups is 1. The van der Waals surface area contributed by atoms with Gasteiger partial charge in [-0.15, -0.1) is 0 Å². The molecular weight excluding hydrogens is 154 g/mol. The lowest BCUT2D eigenvalue weighted by atomic mass is 10.4. The lowest BCUT2D eigenvalue weighted by Gasteiger charge is -2.24. The molecule has 1 rings (SSSR count). The number of rotatable bonds is 4. The molecule has 0 aliphatic carbocycles. The van der Waals surface area contributed by atoms with Crippen LogP contribution >= 0.6 is 0 Å². The van der Waals surface area contributed by atoms with Crippen LogP contribution in [0.2, 0.25) is 0 Å². The van der Waals surface area contributed by atoms with Crippen LogP contribution in [0.25, 0.3) is 0 Å². The van der Waals surface area contributed by atoms with Crippen LogP contribution in [0.4, 0.5) is 0 Å². The molecule has 0 saturated carbocycles. The summed E-state index contributed by atoms with van der Waals surface area (Å²) in [5.74, 6) is 0. The maximum absolute atomic E-state index is 9.00. The summed E-state index contributed by atoms with van der Waals surface area (Å²) in [7, 11) is 0. The Labute approximate surface area is 74.3 Å². The van der Waals surface area contributed by atoms with Crippen molar-refractivity contribution in [3.05, 3.63) is 0 Å². The molecule has 0 aromatic carbocycles. The summed E-state index contributed by atoms with van der Waals surface area (Å²) in [5.41, 5.74) is 0. The average molecular weight is 173 g/mol. The van der Waals surface area contributed by atoms with E-state index in [2.05, 4.69) is 4.90 Å². The van der Waals surface area contributed by atoms with Gasteiger partial charge in [-0.25, -0.2) is 0 Å². The molecule has 12 heavy (non-hydrogen) atoms. The predicted octanol–water partition coefficient (Wildman–Crippen LogP) is 0.826. The fourth-order valence-corrected chi connectivity index (χ4v) is 1.49. The summed E-state index contributed by atoms with van der Waals surface area (Å²) in [6.45, 7) is 6.52. The van der Waals surface area contributed by atoms with Gasteiger partial charge in [0.05, 0.1) is 12.7 Å². The second-order valence-corrected chi connectivity index (χ2v) is 3.52. The average Bonchev–Trinajstić information content (AvgIpc) is 2.51. The molecular formula is C9H19NO2. The van der Waals surface area contributed by atoms with Gasteiger partial charge < -0.3 is 9.84 Å². The molecule has 0 spiro atoms. The predicted molar refractivity (Wildman–Crippen MR) is 47.9 cm³/mol. The molecule has 3 nitrogen and oxygen atoms in total. The Morgan fingerprint density at radius 3 is 2.42 bits per heavy atom. The summed E-state index contributed by atoms with van der Waals surface area (Å²) < 4.78 is 5.46. The van der Waals surface area contributed by atoms with E-state index in [1.165, 1.54) is 12.8 Å². The fourth-order valence-electron chi connectivity index (χ4n) is 1.49. The van der Waals surface area contributed by atoms with Crippen molar-refractivity contribution in [2.45, 2.75) is 39.0 Å². The molecule has 0 bridgehead atoms. The third kappa shape index (κ3) is 3.09. The Morgan fingerprint density at radius 1 is 1.33 bits per heavy atom. The van der Waals surface area contributed by atoms with E-state index in [0.717, 1.165) is 13.1 Å². The number of hydrogen-bond donors (Lipinski definition) is 1. The third-order valence-corrected chi connectivity index (χ3v) is 2.23. The van der Waals surface area contributed by atoms with E-state index >= 15 is 0 Å². The molecule has 1 saturated heterocycles. The van der Waals surface area contributed by atoms with E-state index in [1.807, 2.05) is 6.92 Å². The minimum absolute atomic E-state index is 0.169. The minimum Gasteiger partial charge on any atom is -0.391 e. The molecule has 0 aromatic rings. The Kier molecular flexibility index (Phi) is 3.98. The first-order valence-corrected chi connectivity index (χ1v) is 4.74. The van der Waals surface area contributed by atoms with Crippen LogP contribution in [0.5, 0.6) is 0 Å². The Balaban J connectivity index is 2.13. The van der Waals surface area contributed by atoms with Gasteiger partial charge >= 0.3 is 0 Å². The van der Waals surface area contributed by atoms with E-state index in [4.69, 9.17) is 9.84 Å². The Morgan fingerprint density at radius 2 is 1.92 bits per heavy atom. The van der Waals surface area contributed by atoms with E-state index < -0.39 is 0 Å².